The van der Waals surface area contributed by atoms with Gasteiger partial charge in [0.15, 0.2) is 0 Å². The van der Waals surface area contributed by atoms with Gasteiger partial charge in [0.1, 0.15) is 11.3 Å². The predicted octanol–water partition coefficient (Wildman–Crippen LogP) is 3.70. The van der Waals surface area contributed by atoms with Crippen LogP contribution >= 0.6 is 15.9 Å². The van der Waals surface area contributed by atoms with E-state index in [2.05, 4.69) is 25.9 Å². The fourth-order valence-corrected chi connectivity index (χ4v) is 2.73. The van der Waals surface area contributed by atoms with Crippen LogP contribution in [0.4, 0.5) is 0 Å². The molecule has 1 heterocycles. The van der Waals surface area contributed by atoms with Crippen molar-refractivity contribution in [1.29, 1.82) is 0 Å². The molecule has 0 aliphatic rings. The lowest BCUT2D eigenvalue weighted by Gasteiger charge is -2.00. The Morgan fingerprint density at radius 2 is 2.05 bits per heavy atom. The van der Waals surface area contributed by atoms with Gasteiger partial charge in [-0.25, -0.2) is 9.78 Å². The number of ether oxygens (including phenoxy) is 1. The van der Waals surface area contributed by atoms with Crippen molar-refractivity contribution in [3.63, 3.8) is 0 Å². The normalized spacial score (nSPS) is 10.8. The van der Waals surface area contributed by atoms with Crippen LogP contribution in [-0.4, -0.2) is 23.0 Å². The maximum absolute atomic E-state index is 11.9. The Morgan fingerprint density at radius 1 is 1.29 bits per heavy atom. The zero-order valence-corrected chi connectivity index (χ0v) is 13.0. The van der Waals surface area contributed by atoms with Gasteiger partial charge in [0, 0.05) is 10.9 Å². The van der Waals surface area contributed by atoms with Crippen LogP contribution in [0.25, 0.3) is 11.0 Å². The molecule has 0 atom stereocenters. The molecule has 3 aromatic rings. The predicted molar refractivity (Wildman–Crippen MR) is 84.4 cm³/mol. The van der Waals surface area contributed by atoms with E-state index in [0.717, 1.165) is 21.4 Å². The minimum Gasteiger partial charge on any atom is -0.465 e. The number of benzene rings is 2. The van der Waals surface area contributed by atoms with Crippen LogP contribution in [0.1, 0.15) is 21.7 Å². The van der Waals surface area contributed by atoms with E-state index in [1.807, 2.05) is 36.4 Å². The number of nitrogens with one attached hydrogen (secondary N) is 1. The van der Waals surface area contributed by atoms with Crippen molar-refractivity contribution in [3.05, 3.63) is 63.9 Å². The third-order valence-corrected chi connectivity index (χ3v) is 3.68. The SMILES string of the molecule is COC(=O)c1cc(Br)cc2[nH]c(Cc3ccccc3)nc12. The van der Waals surface area contributed by atoms with Gasteiger partial charge < -0.3 is 9.72 Å². The van der Waals surface area contributed by atoms with Crippen LogP contribution in [0, 0.1) is 0 Å². The first-order valence-corrected chi connectivity index (χ1v) is 7.27. The summed E-state index contributed by atoms with van der Waals surface area (Å²) in [5.74, 6) is 0.429. The van der Waals surface area contributed by atoms with E-state index in [1.165, 1.54) is 7.11 Å². The van der Waals surface area contributed by atoms with E-state index < -0.39 is 0 Å². The third-order valence-electron chi connectivity index (χ3n) is 3.22. The van der Waals surface area contributed by atoms with Crippen LogP contribution in [0.5, 0.6) is 0 Å². The summed E-state index contributed by atoms with van der Waals surface area (Å²) in [6, 6.07) is 13.7. The standard InChI is InChI=1S/C16H13BrN2O2/c1-21-16(20)12-8-11(17)9-13-15(12)19-14(18-13)7-10-5-3-2-4-6-10/h2-6,8-9H,7H2,1H3,(H,18,19). The molecular formula is C16H13BrN2O2. The van der Waals surface area contributed by atoms with Crippen molar-refractivity contribution in [1.82, 2.24) is 9.97 Å². The number of carbonyl (C=O) groups excluding carboxylic acids is 1. The fourth-order valence-electron chi connectivity index (χ4n) is 2.27. The van der Waals surface area contributed by atoms with Gasteiger partial charge in [-0.1, -0.05) is 46.3 Å². The number of rotatable bonds is 3. The highest BCUT2D eigenvalue weighted by Gasteiger charge is 2.15. The zero-order valence-electron chi connectivity index (χ0n) is 11.4. The first-order chi connectivity index (χ1) is 10.2. The molecule has 0 unspecified atom stereocenters. The van der Waals surface area contributed by atoms with Crippen LogP contribution in [-0.2, 0) is 11.2 Å². The van der Waals surface area contributed by atoms with Crippen molar-refractivity contribution in [3.8, 4) is 0 Å². The first-order valence-electron chi connectivity index (χ1n) is 6.48. The molecule has 0 fully saturated rings. The molecule has 3 rings (SSSR count). The molecule has 0 saturated carbocycles. The highest BCUT2D eigenvalue weighted by atomic mass is 79.9. The number of hydrogen-bond donors (Lipinski definition) is 1. The largest absolute Gasteiger partial charge is 0.465 e. The number of esters is 1. The quantitative estimate of drug-likeness (QED) is 0.737. The minimum absolute atomic E-state index is 0.390. The number of hydrogen-bond acceptors (Lipinski definition) is 3. The molecule has 0 spiro atoms. The van der Waals surface area contributed by atoms with Gasteiger partial charge in [-0.3, -0.25) is 0 Å². The molecule has 1 N–H and O–H groups in total. The number of nitrogens with zero attached hydrogens (tertiary/aromatic N) is 1. The molecule has 1 aromatic heterocycles. The molecule has 0 saturated heterocycles. The monoisotopic (exact) mass is 344 g/mol. The van der Waals surface area contributed by atoms with E-state index in [4.69, 9.17) is 4.74 Å². The summed E-state index contributed by atoms with van der Waals surface area (Å²) in [6.07, 6.45) is 0.688. The molecule has 0 aliphatic carbocycles. The fraction of sp³-hybridized carbons (Fsp3) is 0.125. The lowest BCUT2D eigenvalue weighted by atomic mass is 10.1. The Balaban J connectivity index is 2.05. The molecule has 0 aliphatic heterocycles. The van der Waals surface area contributed by atoms with E-state index in [0.29, 0.717) is 17.5 Å². The zero-order chi connectivity index (χ0) is 14.8. The average molecular weight is 345 g/mol. The molecule has 21 heavy (non-hydrogen) atoms. The van der Waals surface area contributed by atoms with Crippen LogP contribution < -0.4 is 0 Å². The molecule has 0 radical (unpaired) electrons. The third kappa shape index (κ3) is 2.83. The summed E-state index contributed by atoms with van der Waals surface area (Å²) < 4.78 is 5.62. The molecule has 4 nitrogen and oxygen atoms in total. The molecule has 106 valence electrons. The summed E-state index contributed by atoms with van der Waals surface area (Å²) in [6.45, 7) is 0. The summed E-state index contributed by atoms with van der Waals surface area (Å²) in [5.41, 5.74) is 3.07. The van der Waals surface area contributed by atoms with E-state index >= 15 is 0 Å². The van der Waals surface area contributed by atoms with Crippen LogP contribution in [0.15, 0.2) is 46.9 Å². The average Bonchev–Trinajstić information content (AvgIpc) is 2.88. The van der Waals surface area contributed by atoms with Gasteiger partial charge in [-0.05, 0) is 17.7 Å². The summed E-state index contributed by atoms with van der Waals surface area (Å²) in [7, 11) is 1.37. The number of aromatic amines is 1. The van der Waals surface area contributed by atoms with Gasteiger partial charge in [0.05, 0.1) is 18.2 Å². The van der Waals surface area contributed by atoms with Crippen molar-refractivity contribution < 1.29 is 9.53 Å². The smallest absolute Gasteiger partial charge is 0.340 e. The van der Waals surface area contributed by atoms with Crippen molar-refractivity contribution in [2.45, 2.75) is 6.42 Å². The highest BCUT2D eigenvalue weighted by molar-refractivity contribution is 9.10. The highest BCUT2D eigenvalue weighted by Crippen LogP contribution is 2.24. The molecule has 2 aromatic carbocycles. The Morgan fingerprint density at radius 3 is 2.76 bits per heavy atom. The van der Waals surface area contributed by atoms with Crippen molar-refractivity contribution >= 4 is 32.9 Å². The number of halogens is 1. The molecule has 0 amide bonds. The van der Waals surface area contributed by atoms with Gasteiger partial charge >= 0.3 is 5.97 Å². The Labute approximate surface area is 130 Å². The second-order valence-electron chi connectivity index (χ2n) is 4.69. The molecular weight excluding hydrogens is 332 g/mol. The summed E-state index contributed by atoms with van der Waals surface area (Å²) in [4.78, 5) is 19.6. The van der Waals surface area contributed by atoms with Crippen LogP contribution in [0.2, 0.25) is 0 Å². The minimum atomic E-state index is -0.390. The van der Waals surface area contributed by atoms with Crippen molar-refractivity contribution in [2.75, 3.05) is 7.11 Å². The number of fused-ring (bicyclic) bond motifs is 1. The number of carbonyl (C=O) groups is 1. The molecule has 0 bridgehead atoms. The van der Waals surface area contributed by atoms with Gasteiger partial charge in [0.25, 0.3) is 0 Å². The topological polar surface area (TPSA) is 55.0 Å². The Hall–Kier alpha value is -2.14. The van der Waals surface area contributed by atoms with Crippen molar-refractivity contribution in [2.24, 2.45) is 0 Å². The van der Waals surface area contributed by atoms with E-state index in [1.54, 1.807) is 6.07 Å². The van der Waals surface area contributed by atoms with Gasteiger partial charge in [-0.2, -0.15) is 0 Å². The number of imidazole rings is 1. The summed E-state index contributed by atoms with van der Waals surface area (Å²) >= 11 is 3.40. The maximum atomic E-state index is 11.9. The number of H-pyrrole nitrogens is 1. The maximum Gasteiger partial charge on any atom is 0.340 e. The Kier molecular flexibility index (Phi) is 3.75. The molecule has 5 heteroatoms. The lowest BCUT2D eigenvalue weighted by Crippen LogP contribution is -2.02. The second-order valence-corrected chi connectivity index (χ2v) is 5.60. The van der Waals surface area contributed by atoms with Gasteiger partial charge in [-0.15, -0.1) is 0 Å². The van der Waals surface area contributed by atoms with E-state index in [9.17, 15) is 4.79 Å². The van der Waals surface area contributed by atoms with Crippen LogP contribution in [0.3, 0.4) is 0 Å². The second kappa shape index (κ2) is 5.69. The number of methoxy groups -OCH3 is 1. The summed E-state index contributed by atoms with van der Waals surface area (Å²) in [5, 5.41) is 0. The first kappa shape index (κ1) is 13.8. The number of aromatic nitrogens is 2. The Bertz CT molecular complexity index is 797. The van der Waals surface area contributed by atoms with E-state index in [-0.39, 0.29) is 5.97 Å². The lowest BCUT2D eigenvalue weighted by molar-refractivity contribution is 0.0602. The van der Waals surface area contributed by atoms with Gasteiger partial charge in [0.2, 0.25) is 0 Å².